The van der Waals surface area contributed by atoms with Gasteiger partial charge in [-0.05, 0) is 42.3 Å². The van der Waals surface area contributed by atoms with E-state index in [9.17, 15) is 22.4 Å². The molecule has 5 rings (SSSR count). The van der Waals surface area contributed by atoms with Gasteiger partial charge in [0.05, 0.1) is 36.9 Å². The topological polar surface area (TPSA) is 76.6 Å². The molecular formula is C27H28F4N4O3. The van der Waals surface area contributed by atoms with Gasteiger partial charge in [0.2, 0.25) is 0 Å². The lowest BCUT2D eigenvalue weighted by atomic mass is 9.99. The van der Waals surface area contributed by atoms with E-state index in [0.29, 0.717) is 38.4 Å². The van der Waals surface area contributed by atoms with Gasteiger partial charge in [0, 0.05) is 43.5 Å². The van der Waals surface area contributed by atoms with E-state index in [1.54, 1.807) is 12.1 Å². The molecule has 2 saturated heterocycles. The van der Waals surface area contributed by atoms with Crippen molar-refractivity contribution in [3.63, 3.8) is 0 Å². The Kier molecular flexibility index (Phi) is 7.87. The zero-order valence-corrected chi connectivity index (χ0v) is 20.6. The van der Waals surface area contributed by atoms with Gasteiger partial charge in [-0.3, -0.25) is 9.69 Å². The summed E-state index contributed by atoms with van der Waals surface area (Å²) in [6, 6.07) is 9.64. The number of halogens is 4. The highest BCUT2D eigenvalue weighted by atomic mass is 19.4. The van der Waals surface area contributed by atoms with Crippen molar-refractivity contribution in [2.75, 3.05) is 38.2 Å². The van der Waals surface area contributed by atoms with Crippen LogP contribution in [0.25, 0.3) is 10.9 Å². The number of likely N-dealkylation sites (tertiary alicyclic amines) is 1. The number of alkyl halides is 3. The SMILES string of the molecule is O=C(CNc1ncnc2ccc(C(F)(F)F)cc12)CC1CN(C2CCOC2)C[C@@H]1OCc1ccc(F)cc1. The number of ether oxygens (including phenoxy) is 2. The quantitative estimate of drug-likeness (QED) is 0.408. The minimum absolute atomic E-state index is 0.0654. The third-order valence-electron chi connectivity index (χ3n) is 7.11. The summed E-state index contributed by atoms with van der Waals surface area (Å²) >= 11 is 0. The second kappa shape index (κ2) is 11.3. The second-order valence-electron chi connectivity index (χ2n) is 9.76. The van der Waals surface area contributed by atoms with E-state index >= 15 is 0 Å². The van der Waals surface area contributed by atoms with Crippen LogP contribution in [0, 0.1) is 11.7 Å². The molecule has 3 heterocycles. The Morgan fingerprint density at radius 1 is 1.13 bits per heavy atom. The summed E-state index contributed by atoms with van der Waals surface area (Å²) in [6.07, 6.45) is -2.28. The van der Waals surface area contributed by atoms with Crippen LogP contribution in [0.1, 0.15) is 24.0 Å². The lowest BCUT2D eigenvalue weighted by Gasteiger charge is -2.22. The fraction of sp³-hybridized carbons (Fsp3) is 0.444. The molecule has 2 aromatic carbocycles. The van der Waals surface area contributed by atoms with Crippen LogP contribution < -0.4 is 5.32 Å². The molecule has 0 spiro atoms. The minimum Gasteiger partial charge on any atom is -0.380 e. The number of Topliss-reactive ketones (excluding diaryl/α,β-unsaturated/α-hetero) is 1. The van der Waals surface area contributed by atoms with Gasteiger partial charge in [-0.2, -0.15) is 13.2 Å². The number of fused-ring (bicyclic) bond motifs is 1. The highest BCUT2D eigenvalue weighted by Gasteiger charge is 2.39. The fourth-order valence-electron chi connectivity index (χ4n) is 5.07. The van der Waals surface area contributed by atoms with Gasteiger partial charge in [-0.25, -0.2) is 14.4 Å². The van der Waals surface area contributed by atoms with Crippen LogP contribution in [0.4, 0.5) is 23.4 Å². The van der Waals surface area contributed by atoms with E-state index in [0.717, 1.165) is 24.1 Å². The Labute approximate surface area is 217 Å². The molecule has 0 bridgehead atoms. The molecule has 11 heteroatoms. The first-order valence-electron chi connectivity index (χ1n) is 12.5. The molecule has 2 aliphatic heterocycles. The number of nitrogens with one attached hydrogen (secondary N) is 1. The summed E-state index contributed by atoms with van der Waals surface area (Å²) in [5.41, 5.74) is 0.384. The average molecular weight is 533 g/mol. The molecule has 3 aromatic rings. The molecule has 0 saturated carbocycles. The first-order chi connectivity index (χ1) is 18.3. The van der Waals surface area contributed by atoms with Crippen molar-refractivity contribution in [2.24, 2.45) is 5.92 Å². The third-order valence-corrected chi connectivity index (χ3v) is 7.11. The van der Waals surface area contributed by atoms with Gasteiger partial charge in [-0.1, -0.05) is 12.1 Å². The van der Waals surface area contributed by atoms with Crippen LogP contribution >= 0.6 is 0 Å². The Morgan fingerprint density at radius 2 is 1.95 bits per heavy atom. The lowest BCUT2D eigenvalue weighted by Crippen LogP contribution is -2.34. The van der Waals surface area contributed by atoms with E-state index in [-0.39, 0.29) is 53.8 Å². The maximum atomic E-state index is 13.3. The van der Waals surface area contributed by atoms with Gasteiger partial charge in [0.1, 0.15) is 18.0 Å². The molecular weight excluding hydrogens is 504 g/mol. The number of benzene rings is 2. The largest absolute Gasteiger partial charge is 0.416 e. The maximum absolute atomic E-state index is 13.3. The number of hydrogen-bond acceptors (Lipinski definition) is 7. The maximum Gasteiger partial charge on any atom is 0.416 e. The van der Waals surface area contributed by atoms with Gasteiger partial charge in [-0.15, -0.1) is 0 Å². The number of carbonyl (C=O) groups is 1. The summed E-state index contributed by atoms with van der Waals surface area (Å²) < 4.78 is 64.6. The van der Waals surface area contributed by atoms with Crippen LogP contribution in [0.5, 0.6) is 0 Å². The van der Waals surface area contributed by atoms with Crippen LogP contribution in [-0.4, -0.2) is 65.6 Å². The van der Waals surface area contributed by atoms with Crippen LogP contribution in [-0.2, 0) is 27.1 Å². The summed E-state index contributed by atoms with van der Waals surface area (Å²) in [4.78, 5) is 23.4. The van der Waals surface area contributed by atoms with Crippen molar-refractivity contribution >= 4 is 22.5 Å². The smallest absolute Gasteiger partial charge is 0.380 e. The van der Waals surface area contributed by atoms with Gasteiger partial charge in [0.15, 0.2) is 5.78 Å². The number of nitrogens with zero attached hydrogens (tertiary/aromatic N) is 3. The number of aromatic nitrogens is 2. The van der Waals surface area contributed by atoms with Crippen LogP contribution in [0.15, 0.2) is 48.8 Å². The lowest BCUT2D eigenvalue weighted by molar-refractivity contribution is -0.137. The minimum atomic E-state index is -4.50. The Bertz CT molecular complexity index is 1270. The molecule has 2 aliphatic rings. The predicted molar refractivity (Wildman–Crippen MR) is 132 cm³/mol. The number of anilines is 1. The van der Waals surface area contributed by atoms with Crippen LogP contribution in [0.2, 0.25) is 0 Å². The fourth-order valence-corrected chi connectivity index (χ4v) is 5.07. The number of carbonyl (C=O) groups excluding carboxylic acids is 1. The van der Waals surface area contributed by atoms with Crippen molar-refractivity contribution in [2.45, 2.75) is 37.8 Å². The molecule has 3 atom stereocenters. The van der Waals surface area contributed by atoms with Gasteiger partial charge in [0.25, 0.3) is 0 Å². The van der Waals surface area contributed by atoms with Crippen molar-refractivity contribution in [1.82, 2.24) is 14.9 Å². The molecule has 38 heavy (non-hydrogen) atoms. The number of rotatable bonds is 9. The first-order valence-corrected chi connectivity index (χ1v) is 12.5. The Hall–Kier alpha value is -3.15. The van der Waals surface area contributed by atoms with Crippen molar-refractivity contribution < 1.29 is 31.8 Å². The summed E-state index contributed by atoms with van der Waals surface area (Å²) in [7, 11) is 0. The average Bonchev–Trinajstić information content (AvgIpc) is 3.57. The Morgan fingerprint density at radius 3 is 2.68 bits per heavy atom. The standard InChI is InChI=1S/C27H28F4N4O3/c28-20-4-1-17(2-5-20)14-38-25-13-35(21-7-8-37-15-21)12-18(25)9-22(36)11-32-26-23-10-19(27(29,30)31)3-6-24(23)33-16-34-26/h1-6,10,16,18,21,25H,7-9,11-15H2,(H,32,33,34)/t18?,21?,25-/m0/s1. The predicted octanol–water partition coefficient (Wildman–Crippen LogP) is 4.46. The van der Waals surface area contributed by atoms with Gasteiger partial charge < -0.3 is 14.8 Å². The first kappa shape index (κ1) is 26.5. The van der Waals surface area contributed by atoms with E-state index in [1.165, 1.54) is 24.5 Å². The molecule has 202 valence electrons. The zero-order chi connectivity index (χ0) is 26.7. The zero-order valence-electron chi connectivity index (χ0n) is 20.6. The van der Waals surface area contributed by atoms with E-state index < -0.39 is 11.7 Å². The van der Waals surface area contributed by atoms with Crippen molar-refractivity contribution in [1.29, 1.82) is 0 Å². The van der Waals surface area contributed by atoms with E-state index in [1.807, 2.05) is 0 Å². The second-order valence-corrected chi connectivity index (χ2v) is 9.76. The molecule has 1 N–H and O–H groups in total. The Balaban J connectivity index is 1.24. The molecule has 0 radical (unpaired) electrons. The molecule has 2 fully saturated rings. The molecule has 7 nitrogen and oxygen atoms in total. The van der Waals surface area contributed by atoms with E-state index in [4.69, 9.17) is 9.47 Å². The monoisotopic (exact) mass is 532 g/mol. The summed E-state index contributed by atoms with van der Waals surface area (Å²) in [6.45, 7) is 2.91. The highest BCUT2D eigenvalue weighted by molar-refractivity contribution is 5.91. The summed E-state index contributed by atoms with van der Waals surface area (Å²) in [5.74, 6) is -0.309. The van der Waals surface area contributed by atoms with E-state index in [2.05, 4.69) is 20.2 Å². The number of hydrogen-bond donors (Lipinski definition) is 1. The highest BCUT2D eigenvalue weighted by Crippen LogP contribution is 2.33. The van der Waals surface area contributed by atoms with Crippen LogP contribution in [0.3, 0.4) is 0 Å². The molecule has 0 aliphatic carbocycles. The summed E-state index contributed by atoms with van der Waals surface area (Å²) in [5, 5.41) is 3.10. The third kappa shape index (κ3) is 6.28. The normalized spacial score (nSPS) is 22.3. The molecule has 2 unspecified atom stereocenters. The number of ketones is 1. The van der Waals surface area contributed by atoms with Gasteiger partial charge >= 0.3 is 6.18 Å². The van der Waals surface area contributed by atoms with Crippen molar-refractivity contribution in [3.05, 3.63) is 65.7 Å². The van der Waals surface area contributed by atoms with Crippen molar-refractivity contribution in [3.8, 4) is 0 Å². The molecule has 1 aromatic heterocycles. The molecule has 0 amide bonds.